The number of aromatic nitrogens is 1. The van der Waals surface area contributed by atoms with Crippen LogP contribution in [0.25, 0.3) is 17.0 Å². The molecule has 0 unspecified atom stereocenters. The number of nitrogens with zero attached hydrogens (tertiary/aromatic N) is 1. The third-order valence-electron chi connectivity index (χ3n) is 4.61. The summed E-state index contributed by atoms with van der Waals surface area (Å²) in [5.74, 6) is 0.709. The minimum Gasteiger partial charge on any atom is -0.444 e. The summed E-state index contributed by atoms with van der Waals surface area (Å²) in [4.78, 5) is 16.8. The molecule has 0 radical (unpaired) electrons. The summed E-state index contributed by atoms with van der Waals surface area (Å²) in [6.45, 7) is 12.3. The van der Waals surface area contributed by atoms with Crippen LogP contribution in [0.5, 0.6) is 0 Å². The van der Waals surface area contributed by atoms with Gasteiger partial charge in [0.15, 0.2) is 0 Å². The molecule has 1 amide bonds. The Kier molecular flexibility index (Phi) is 8.95. The first-order chi connectivity index (χ1) is 14.5. The van der Waals surface area contributed by atoms with Crippen molar-refractivity contribution in [3.63, 3.8) is 0 Å². The van der Waals surface area contributed by atoms with E-state index in [-0.39, 0.29) is 11.6 Å². The topological polar surface area (TPSA) is 60.5 Å². The molecule has 1 aromatic carbocycles. The molecule has 0 saturated carbocycles. The highest BCUT2D eigenvalue weighted by molar-refractivity contribution is 7.80. The van der Waals surface area contributed by atoms with E-state index in [0.29, 0.717) is 5.75 Å². The van der Waals surface area contributed by atoms with Crippen LogP contribution in [0.2, 0.25) is 0 Å². The van der Waals surface area contributed by atoms with Gasteiger partial charge >= 0.3 is 6.09 Å². The molecular formula is C25H36N2O3S. The number of hydrogen-bond donors (Lipinski definition) is 2. The van der Waals surface area contributed by atoms with Crippen LogP contribution < -0.4 is 5.32 Å². The number of hydrogen-bond acceptors (Lipinski definition) is 5. The number of alkyl carbamates (subject to hydrolysis) is 1. The molecule has 1 aromatic heterocycles. The Balaban J connectivity index is 1.97. The Labute approximate surface area is 192 Å². The van der Waals surface area contributed by atoms with E-state index in [2.05, 4.69) is 62.1 Å². The van der Waals surface area contributed by atoms with Crippen molar-refractivity contribution >= 4 is 35.7 Å². The van der Waals surface area contributed by atoms with Crippen molar-refractivity contribution in [2.45, 2.75) is 71.6 Å². The van der Waals surface area contributed by atoms with E-state index in [9.17, 15) is 4.79 Å². The molecule has 170 valence electrons. The molecule has 0 saturated heterocycles. The molecule has 0 aliphatic carbocycles. The maximum absolute atomic E-state index is 12.0. The van der Waals surface area contributed by atoms with E-state index in [1.165, 1.54) is 0 Å². The van der Waals surface area contributed by atoms with Gasteiger partial charge in [-0.2, -0.15) is 12.6 Å². The Morgan fingerprint density at radius 1 is 1.19 bits per heavy atom. The number of rotatable bonds is 9. The molecule has 5 nitrogen and oxygen atoms in total. The van der Waals surface area contributed by atoms with Gasteiger partial charge in [0, 0.05) is 17.7 Å². The van der Waals surface area contributed by atoms with Gasteiger partial charge in [-0.1, -0.05) is 30.4 Å². The lowest BCUT2D eigenvalue weighted by atomic mass is 10.1. The van der Waals surface area contributed by atoms with Crippen molar-refractivity contribution in [2.75, 3.05) is 12.4 Å². The lowest BCUT2D eigenvalue weighted by Crippen LogP contribution is -2.34. The lowest BCUT2D eigenvalue weighted by molar-refractivity contribution is 0.000384. The second kappa shape index (κ2) is 11.0. The summed E-state index contributed by atoms with van der Waals surface area (Å²) in [6, 6.07) is 9.93. The van der Waals surface area contributed by atoms with Gasteiger partial charge in [-0.25, -0.2) is 4.79 Å². The van der Waals surface area contributed by atoms with Gasteiger partial charge in [-0.05, 0) is 72.1 Å². The second-order valence-electron chi connectivity index (χ2n) is 9.37. The molecule has 1 N–H and O–H groups in total. The molecule has 0 fully saturated rings. The molecular weight excluding hydrogens is 408 g/mol. The van der Waals surface area contributed by atoms with Gasteiger partial charge < -0.3 is 14.8 Å². The van der Waals surface area contributed by atoms with Crippen molar-refractivity contribution < 1.29 is 14.3 Å². The third kappa shape index (κ3) is 8.91. The number of amides is 1. The SMILES string of the molecule is C[C@@H](NC(=O)OC(C)(C)C)c1ccc2ccc(/C=C/CCCOC(C)(C)CS)cc2n1. The van der Waals surface area contributed by atoms with Gasteiger partial charge in [0.1, 0.15) is 5.60 Å². The summed E-state index contributed by atoms with van der Waals surface area (Å²) in [5.41, 5.74) is 2.09. The first-order valence-corrected chi connectivity index (χ1v) is 11.4. The molecule has 2 rings (SSSR count). The number of fused-ring (bicyclic) bond motifs is 1. The molecule has 0 aliphatic heterocycles. The van der Waals surface area contributed by atoms with Crippen molar-refractivity contribution in [1.82, 2.24) is 10.3 Å². The number of ether oxygens (including phenoxy) is 2. The summed E-state index contributed by atoms with van der Waals surface area (Å²) >= 11 is 4.30. The summed E-state index contributed by atoms with van der Waals surface area (Å²) in [5, 5.41) is 3.91. The molecule has 0 aliphatic rings. The fourth-order valence-electron chi connectivity index (χ4n) is 2.87. The maximum Gasteiger partial charge on any atom is 0.408 e. The molecule has 31 heavy (non-hydrogen) atoms. The second-order valence-corrected chi connectivity index (χ2v) is 9.68. The maximum atomic E-state index is 12.0. The molecule has 1 heterocycles. The number of pyridine rings is 1. The highest BCUT2D eigenvalue weighted by Crippen LogP contribution is 2.20. The number of benzene rings is 1. The van der Waals surface area contributed by atoms with Crippen molar-refractivity contribution in [2.24, 2.45) is 0 Å². The predicted octanol–water partition coefficient (Wildman–Crippen LogP) is 6.34. The first-order valence-electron chi connectivity index (χ1n) is 10.8. The highest BCUT2D eigenvalue weighted by Gasteiger charge is 2.19. The van der Waals surface area contributed by atoms with Crippen LogP contribution in [0.3, 0.4) is 0 Å². The molecule has 0 spiro atoms. The number of nitrogens with one attached hydrogen (secondary N) is 1. The van der Waals surface area contributed by atoms with E-state index in [0.717, 1.165) is 41.6 Å². The normalized spacial score (nSPS) is 13.5. The van der Waals surface area contributed by atoms with Gasteiger partial charge in [-0.15, -0.1) is 0 Å². The Morgan fingerprint density at radius 3 is 2.58 bits per heavy atom. The van der Waals surface area contributed by atoms with Gasteiger partial charge in [0.25, 0.3) is 0 Å². The van der Waals surface area contributed by atoms with Crippen LogP contribution in [-0.2, 0) is 9.47 Å². The predicted molar refractivity (Wildman–Crippen MR) is 132 cm³/mol. The summed E-state index contributed by atoms with van der Waals surface area (Å²) < 4.78 is 11.2. The van der Waals surface area contributed by atoms with E-state index < -0.39 is 11.7 Å². The Bertz CT molecular complexity index is 903. The zero-order valence-corrected chi connectivity index (χ0v) is 20.5. The van der Waals surface area contributed by atoms with Crippen LogP contribution in [0, 0.1) is 0 Å². The standard InChI is InChI=1S/C25H36N2O3S/c1-18(26-23(28)30-24(2,3)4)21-14-13-20-12-11-19(16-22(20)27-21)10-8-7-9-15-29-25(5,6)17-31/h8,10-14,16,18,31H,7,9,15,17H2,1-6H3,(H,26,28)/b10-8+/t18-/m1/s1. The average Bonchev–Trinajstić information content (AvgIpc) is 2.68. The molecule has 0 bridgehead atoms. The van der Waals surface area contributed by atoms with Crippen molar-refractivity contribution in [1.29, 1.82) is 0 Å². The zero-order chi connectivity index (χ0) is 23.1. The fraction of sp³-hybridized carbons (Fsp3) is 0.520. The number of carbonyl (C=O) groups is 1. The van der Waals surface area contributed by atoms with Gasteiger partial charge in [0.2, 0.25) is 0 Å². The first kappa shape index (κ1) is 25.2. The van der Waals surface area contributed by atoms with Gasteiger partial charge in [-0.3, -0.25) is 4.98 Å². The lowest BCUT2D eigenvalue weighted by Gasteiger charge is -2.22. The number of thiol groups is 1. The van der Waals surface area contributed by atoms with Crippen molar-refractivity contribution in [3.8, 4) is 0 Å². The summed E-state index contributed by atoms with van der Waals surface area (Å²) in [6.07, 6.45) is 5.75. The monoisotopic (exact) mass is 444 g/mol. The van der Waals surface area contributed by atoms with Crippen LogP contribution in [-0.4, -0.2) is 34.6 Å². The van der Waals surface area contributed by atoms with Crippen LogP contribution >= 0.6 is 12.6 Å². The van der Waals surface area contributed by atoms with Gasteiger partial charge in [0.05, 0.1) is 22.9 Å². The van der Waals surface area contributed by atoms with Crippen LogP contribution in [0.4, 0.5) is 4.79 Å². The molecule has 2 aromatic rings. The number of allylic oxidation sites excluding steroid dienone is 1. The van der Waals surface area contributed by atoms with E-state index in [1.54, 1.807) is 0 Å². The molecule has 1 atom stereocenters. The number of carbonyl (C=O) groups excluding carboxylic acids is 1. The largest absolute Gasteiger partial charge is 0.444 e. The quantitative estimate of drug-likeness (QED) is 0.350. The minimum absolute atomic E-state index is 0.177. The highest BCUT2D eigenvalue weighted by atomic mass is 32.1. The zero-order valence-electron chi connectivity index (χ0n) is 19.6. The van der Waals surface area contributed by atoms with Crippen molar-refractivity contribution in [3.05, 3.63) is 47.7 Å². The van der Waals surface area contributed by atoms with Crippen LogP contribution in [0.15, 0.2) is 36.4 Å². The van der Waals surface area contributed by atoms with E-state index >= 15 is 0 Å². The fourth-order valence-corrected chi connectivity index (χ4v) is 2.96. The summed E-state index contributed by atoms with van der Waals surface area (Å²) in [7, 11) is 0. The van der Waals surface area contributed by atoms with E-state index in [4.69, 9.17) is 14.5 Å². The average molecular weight is 445 g/mol. The smallest absolute Gasteiger partial charge is 0.408 e. The Hall–Kier alpha value is -2.05. The minimum atomic E-state index is -0.531. The number of unbranched alkanes of at least 4 members (excludes halogenated alkanes) is 1. The van der Waals surface area contributed by atoms with E-state index in [1.807, 2.05) is 39.8 Å². The third-order valence-corrected chi connectivity index (χ3v) is 5.38. The molecule has 6 heteroatoms. The van der Waals surface area contributed by atoms with Crippen LogP contribution in [0.1, 0.15) is 71.7 Å². The Morgan fingerprint density at radius 2 is 1.90 bits per heavy atom.